The average Bonchev–Trinajstić information content (AvgIpc) is 3.12. The molecule has 1 aliphatic carbocycles. The Balaban J connectivity index is 2.09. The van der Waals surface area contributed by atoms with E-state index in [1.807, 2.05) is 6.07 Å². The second-order valence-corrected chi connectivity index (χ2v) is 5.24. The zero-order valence-corrected chi connectivity index (χ0v) is 11.0. The van der Waals surface area contributed by atoms with Crippen molar-refractivity contribution in [2.24, 2.45) is 0 Å². The Kier molecular flexibility index (Phi) is 3.85. The van der Waals surface area contributed by atoms with E-state index >= 15 is 0 Å². The van der Waals surface area contributed by atoms with Gasteiger partial charge in [-0.05, 0) is 49.8 Å². The molecule has 1 fully saturated rings. The number of benzene rings is 1. The van der Waals surface area contributed by atoms with Crippen LogP contribution >= 0.6 is 0 Å². The monoisotopic (exact) mass is 233 g/mol. The van der Waals surface area contributed by atoms with Gasteiger partial charge in [-0.3, -0.25) is 0 Å². The quantitative estimate of drug-likeness (QED) is 0.819. The molecule has 1 aromatic rings. The Morgan fingerprint density at radius 1 is 1.29 bits per heavy atom. The van der Waals surface area contributed by atoms with E-state index in [9.17, 15) is 5.11 Å². The van der Waals surface area contributed by atoms with Crippen molar-refractivity contribution in [1.29, 1.82) is 0 Å². The highest BCUT2D eigenvalue weighted by atomic mass is 16.3. The zero-order valence-electron chi connectivity index (χ0n) is 11.0. The van der Waals surface area contributed by atoms with E-state index in [1.54, 1.807) is 0 Å². The molecule has 2 unspecified atom stereocenters. The Morgan fingerprint density at radius 3 is 2.53 bits per heavy atom. The molecule has 17 heavy (non-hydrogen) atoms. The minimum Gasteiger partial charge on any atom is -0.387 e. The molecule has 2 heteroatoms. The van der Waals surface area contributed by atoms with Crippen LogP contribution in [0.2, 0.25) is 0 Å². The van der Waals surface area contributed by atoms with Crippen molar-refractivity contribution in [3.63, 3.8) is 0 Å². The van der Waals surface area contributed by atoms with Crippen LogP contribution in [0.3, 0.4) is 0 Å². The van der Waals surface area contributed by atoms with Crippen LogP contribution in [0.15, 0.2) is 18.2 Å². The highest BCUT2D eigenvalue weighted by Crippen LogP contribution is 2.26. The molecule has 2 nitrogen and oxygen atoms in total. The van der Waals surface area contributed by atoms with E-state index in [4.69, 9.17) is 0 Å². The van der Waals surface area contributed by atoms with Gasteiger partial charge >= 0.3 is 0 Å². The molecule has 1 aliphatic rings. The standard InChI is InChI=1S/C15H23NO/c1-4-14(16-13-7-8-13)15(17)12-6-5-10(2)11(3)9-12/h5-6,9,13-17H,4,7-8H2,1-3H3. The number of hydrogen-bond acceptors (Lipinski definition) is 2. The predicted molar refractivity (Wildman–Crippen MR) is 71.1 cm³/mol. The lowest BCUT2D eigenvalue weighted by Crippen LogP contribution is -2.35. The fourth-order valence-electron chi connectivity index (χ4n) is 2.17. The van der Waals surface area contributed by atoms with Gasteiger partial charge in [-0.2, -0.15) is 0 Å². The fraction of sp³-hybridized carbons (Fsp3) is 0.600. The lowest BCUT2D eigenvalue weighted by molar-refractivity contribution is 0.125. The molecule has 2 atom stereocenters. The maximum absolute atomic E-state index is 10.4. The minimum atomic E-state index is -0.389. The summed E-state index contributed by atoms with van der Waals surface area (Å²) in [7, 11) is 0. The normalized spacial score (nSPS) is 19.1. The van der Waals surface area contributed by atoms with Crippen molar-refractivity contribution in [2.45, 2.75) is 58.2 Å². The predicted octanol–water partition coefficient (Wildman–Crippen LogP) is 2.87. The maximum atomic E-state index is 10.4. The molecule has 0 radical (unpaired) electrons. The van der Waals surface area contributed by atoms with Gasteiger partial charge in [0, 0.05) is 12.1 Å². The first-order valence-corrected chi connectivity index (χ1v) is 6.63. The van der Waals surface area contributed by atoms with Crippen molar-refractivity contribution in [3.05, 3.63) is 34.9 Å². The summed E-state index contributed by atoms with van der Waals surface area (Å²) in [6.45, 7) is 6.33. The number of aliphatic hydroxyl groups excluding tert-OH is 1. The van der Waals surface area contributed by atoms with Crippen LogP contribution in [-0.4, -0.2) is 17.2 Å². The van der Waals surface area contributed by atoms with Gasteiger partial charge in [-0.15, -0.1) is 0 Å². The van der Waals surface area contributed by atoms with E-state index in [2.05, 4.69) is 38.2 Å². The molecule has 0 bridgehead atoms. The molecular formula is C15H23NO. The Hall–Kier alpha value is -0.860. The molecule has 1 aromatic carbocycles. The van der Waals surface area contributed by atoms with E-state index in [1.165, 1.54) is 24.0 Å². The van der Waals surface area contributed by atoms with Gasteiger partial charge in [0.15, 0.2) is 0 Å². The molecule has 0 aromatic heterocycles. The summed E-state index contributed by atoms with van der Waals surface area (Å²) in [4.78, 5) is 0. The fourth-order valence-corrected chi connectivity index (χ4v) is 2.17. The van der Waals surface area contributed by atoms with Gasteiger partial charge in [0.05, 0.1) is 6.10 Å². The molecule has 94 valence electrons. The average molecular weight is 233 g/mol. The molecule has 0 heterocycles. The van der Waals surface area contributed by atoms with Crippen LogP contribution < -0.4 is 5.32 Å². The van der Waals surface area contributed by atoms with Gasteiger partial charge in [0.25, 0.3) is 0 Å². The number of rotatable bonds is 5. The molecular weight excluding hydrogens is 210 g/mol. The largest absolute Gasteiger partial charge is 0.387 e. The second-order valence-electron chi connectivity index (χ2n) is 5.24. The third-order valence-electron chi connectivity index (χ3n) is 3.72. The topological polar surface area (TPSA) is 32.3 Å². The van der Waals surface area contributed by atoms with Crippen LogP contribution in [0.5, 0.6) is 0 Å². The van der Waals surface area contributed by atoms with Crippen LogP contribution in [0.1, 0.15) is 49.0 Å². The van der Waals surface area contributed by atoms with Gasteiger partial charge in [-0.25, -0.2) is 0 Å². The molecule has 2 N–H and O–H groups in total. The summed E-state index contributed by atoms with van der Waals surface area (Å²) in [5, 5.41) is 13.9. The first-order valence-electron chi connectivity index (χ1n) is 6.63. The third-order valence-corrected chi connectivity index (χ3v) is 3.72. The van der Waals surface area contributed by atoms with Gasteiger partial charge in [0.2, 0.25) is 0 Å². The highest BCUT2D eigenvalue weighted by molar-refractivity contribution is 5.31. The van der Waals surface area contributed by atoms with Gasteiger partial charge in [0.1, 0.15) is 0 Å². The Morgan fingerprint density at radius 2 is 2.00 bits per heavy atom. The minimum absolute atomic E-state index is 0.185. The zero-order chi connectivity index (χ0) is 12.4. The molecule has 0 spiro atoms. The first kappa shape index (κ1) is 12.6. The third kappa shape index (κ3) is 3.08. The van der Waals surface area contributed by atoms with Gasteiger partial charge < -0.3 is 10.4 Å². The second kappa shape index (κ2) is 5.19. The molecule has 0 amide bonds. The van der Waals surface area contributed by atoms with Crippen LogP contribution in [-0.2, 0) is 0 Å². The summed E-state index contributed by atoms with van der Waals surface area (Å²) in [5.41, 5.74) is 3.57. The molecule has 2 rings (SSSR count). The Bertz CT molecular complexity index is 385. The summed E-state index contributed by atoms with van der Waals surface area (Å²) in [5.74, 6) is 0. The van der Waals surface area contributed by atoms with Crippen molar-refractivity contribution < 1.29 is 5.11 Å². The van der Waals surface area contributed by atoms with Crippen molar-refractivity contribution in [3.8, 4) is 0 Å². The van der Waals surface area contributed by atoms with E-state index in [0.717, 1.165) is 12.0 Å². The number of aryl methyl sites for hydroxylation is 2. The molecule has 1 saturated carbocycles. The summed E-state index contributed by atoms with van der Waals surface area (Å²) < 4.78 is 0. The van der Waals surface area contributed by atoms with Gasteiger partial charge in [-0.1, -0.05) is 25.1 Å². The summed E-state index contributed by atoms with van der Waals surface area (Å²) in [6, 6.07) is 7.07. The number of aliphatic hydroxyl groups is 1. The maximum Gasteiger partial charge on any atom is 0.0943 e. The first-order chi connectivity index (χ1) is 8.11. The molecule has 0 saturated heterocycles. The summed E-state index contributed by atoms with van der Waals surface area (Å²) >= 11 is 0. The van der Waals surface area contributed by atoms with Crippen molar-refractivity contribution in [2.75, 3.05) is 0 Å². The van der Waals surface area contributed by atoms with E-state index in [-0.39, 0.29) is 12.1 Å². The number of hydrogen-bond donors (Lipinski definition) is 2. The van der Waals surface area contributed by atoms with E-state index in [0.29, 0.717) is 6.04 Å². The van der Waals surface area contributed by atoms with Crippen LogP contribution in [0.4, 0.5) is 0 Å². The van der Waals surface area contributed by atoms with Crippen molar-refractivity contribution in [1.82, 2.24) is 5.32 Å². The van der Waals surface area contributed by atoms with Crippen molar-refractivity contribution >= 4 is 0 Å². The summed E-state index contributed by atoms with van der Waals surface area (Å²) in [6.07, 6.45) is 3.09. The Labute approximate surface area is 104 Å². The number of nitrogens with one attached hydrogen (secondary N) is 1. The lowest BCUT2D eigenvalue weighted by atomic mass is 9.97. The molecule has 0 aliphatic heterocycles. The smallest absolute Gasteiger partial charge is 0.0943 e. The highest BCUT2D eigenvalue weighted by Gasteiger charge is 2.28. The van der Waals surface area contributed by atoms with Crippen LogP contribution in [0, 0.1) is 13.8 Å². The van der Waals surface area contributed by atoms with E-state index < -0.39 is 0 Å². The van der Waals surface area contributed by atoms with Crippen LogP contribution in [0.25, 0.3) is 0 Å². The lowest BCUT2D eigenvalue weighted by Gasteiger charge is -2.24. The SMILES string of the molecule is CCC(NC1CC1)C(O)c1ccc(C)c(C)c1.